The molecule has 2 heterocycles. The lowest BCUT2D eigenvalue weighted by Crippen LogP contribution is -2.32. The van der Waals surface area contributed by atoms with Gasteiger partial charge in [-0.3, -0.25) is 4.79 Å². The SMILES string of the molecule is CCC1CCCN(C(=O)c2cc(Cl)ncc2N)CC1. The van der Waals surface area contributed by atoms with E-state index >= 15 is 0 Å². The Bertz CT molecular complexity index is 464. The average molecular weight is 282 g/mol. The highest BCUT2D eigenvalue weighted by atomic mass is 35.5. The first-order chi connectivity index (χ1) is 9.11. The molecule has 5 heteroatoms. The number of amides is 1. The third kappa shape index (κ3) is 3.38. The van der Waals surface area contributed by atoms with Crippen LogP contribution in [-0.2, 0) is 0 Å². The van der Waals surface area contributed by atoms with Gasteiger partial charge in [0.05, 0.1) is 17.4 Å². The first-order valence-electron chi connectivity index (χ1n) is 6.82. The molecule has 1 amide bonds. The number of anilines is 1. The van der Waals surface area contributed by atoms with Crippen LogP contribution in [0.15, 0.2) is 12.3 Å². The Hall–Kier alpha value is -1.29. The maximum Gasteiger partial charge on any atom is 0.256 e. The Morgan fingerprint density at radius 3 is 3.05 bits per heavy atom. The molecule has 1 saturated heterocycles. The largest absolute Gasteiger partial charge is 0.397 e. The van der Waals surface area contributed by atoms with Crippen LogP contribution in [0.4, 0.5) is 5.69 Å². The second-order valence-corrected chi connectivity index (χ2v) is 5.48. The van der Waals surface area contributed by atoms with Crippen molar-refractivity contribution in [2.24, 2.45) is 5.92 Å². The lowest BCUT2D eigenvalue weighted by Gasteiger charge is -2.21. The summed E-state index contributed by atoms with van der Waals surface area (Å²) < 4.78 is 0. The topological polar surface area (TPSA) is 59.2 Å². The highest BCUT2D eigenvalue weighted by Gasteiger charge is 2.22. The first kappa shape index (κ1) is 14.1. The number of nitrogens with two attached hydrogens (primary N) is 1. The van der Waals surface area contributed by atoms with Crippen LogP contribution in [0, 0.1) is 5.92 Å². The molecule has 0 radical (unpaired) electrons. The van der Waals surface area contributed by atoms with Crippen LogP contribution >= 0.6 is 11.6 Å². The molecule has 0 saturated carbocycles. The van der Waals surface area contributed by atoms with Gasteiger partial charge in [-0.25, -0.2) is 4.98 Å². The number of nitrogens with zero attached hydrogens (tertiary/aromatic N) is 2. The molecule has 0 bridgehead atoms. The highest BCUT2D eigenvalue weighted by Crippen LogP contribution is 2.23. The maximum atomic E-state index is 12.5. The molecule has 1 aromatic rings. The Morgan fingerprint density at radius 2 is 2.32 bits per heavy atom. The van der Waals surface area contributed by atoms with E-state index in [1.165, 1.54) is 19.0 Å². The summed E-state index contributed by atoms with van der Waals surface area (Å²) in [7, 11) is 0. The summed E-state index contributed by atoms with van der Waals surface area (Å²) in [6.45, 7) is 3.81. The minimum absolute atomic E-state index is 0.0291. The van der Waals surface area contributed by atoms with Crippen molar-refractivity contribution in [3.8, 4) is 0 Å². The third-order valence-electron chi connectivity index (χ3n) is 3.84. The van der Waals surface area contributed by atoms with Crippen LogP contribution in [0.1, 0.15) is 43.0 Å². The fraction of sp³-hybridized carbons (Fsp3) is 0.571. The third-order valence-corrected chi connectivity index (χ3v) is 4.05. The summed E-state index contributed by atoms with van der Waals surface area (Å²) in [4.78, 5) is 18.2. The van der Waals surface area contributed by atoms with Crippen LogP contribution in [0.25, 0.3) is 0 Å². The molecule has 19 heavy (non-hydrogen) atoms. The van der Waals surface area contributed by atoms with Gasteiger partial charge in [0, 0.05) is 13.1 Å². The molecule has 1 unspecified atom stereocenters. The number of carbonyl (C=O) groups is 1. The lowest BCUT2D eigenvalue weighted by molar-refractivity contribution is 0.0761. The number of aromatic nitrogens is 1. The van der Waals surface area contributed by atoms with Crippen LogP contribution in [0.2, 0.25) is 5.15 Å². The average Bonchev–Trinajstić information content (AvgIpc) is 2.66. The van der Waals surface area contributed by atoms with Crippen molar-refractivity contribution >= 4 is 23.2 Å². The van der Waals surface area contributed by atoms with Crippen molar-refractivity contribution in [3.63, 3.8) is 0 Å². The number of nitrogen functional groups attached to an aromatic ring is 1. The molecule has 1 atom stereocenters. The number of pyridine rings is 1. The number of rotatable bonds is 2. The van der Waals surface area contributed by atoms with E-state index in [9.17, 15) is 4.79 Å². The van der Waals surface area contributed by atoms with Gasteiger partial charge in [0.2, 0.25) is 0 Å². The molecule has 1 aliphatic rings. The van der Waals surface area contributed by atoms with E-state index in [0.717, 1.165) is 31.8 Å². The summed E-state index contributed by atoms with van der Waals surface area (Å²) in [6.07, 6.45) is 5.96. The summed E-state index contributed by atoms with van der Waals surface area (Å²) in [5.74, 6) is 0.703. The van der Waals surface area contributed by atoms with Crippen molar-refractivity contribution in [2.45, 2.75) is 32.6 Å². The van der Waals surface area contributed by atoms with E-state index in [0.29, 0.717) is 16.4 Å². The van der Waals surface area contributed by atoms with Gasteiger partial charge in [-0.2, -0.15) is 0 Å². The van der Waals surface area contributed by atoms with Gasteiger partial charge in [0.1, 0.15) is 5.15 Å². The molecule has 2 N–H and O–H groups in total. The first-order valence-corrected chi connectivity index (χ1v) is 7.20. The van der Waals surface area contributed by atoms with Crippen molar-refractivity contribution in [1.29, 1.82) is 0 Å². The summed E-state index contributed by atoms with van der Waals surface area (Å²) >= 11 is 5.84. The molecule has 104 valence electrons. The Labute approximate surface area is 118 Å². The van der Waals surface area contributed by atoms with Crippen molar-refractivity contribution < 1.29 is 4.79 Å². The zero-order valence-corrected chi connectivity index (χ0v) is 12.0. The molecule has 2 rings (SSSR count). The standard InChI is InChI=1S/C14H20ClN3O/c1-2-10-4-3-6-18(7-5-10)14(19)11-8-13(15)17-9-12(11)16/h8-10H,2-7,16H2,1H3. The van der Waals surface area contributed by atoms with Gasteiger partial charge in [-0.15, -0.1) is 0 Å². The molecule has 0 aliphatic carbocycles. The van der Waals surface area contributed by atoms with Gasteiger partial charge in [-0.1, -0.05) is 24.9 Å². The molecule has 0 aromatic carbocycles. The molecular weight excluding hydrogens is 262 g/mol. The normalized spacial score (nSPS) is 20.1. The molecule has 1 fully saturated rings. The minimum Gasteiger partial charge on any atom is -0.397 e. The Kier molecular flexibility index (Phi) is 4.64. The van der Waals surface area contributed by atoms with E-state index in [4.69, 9.17) is 17.3 Å². The molecular formula is C14H20ClN3O. The van der Waals surface area contributed by atoms with Gasteiger partial charge >= 0.3 is 0 Å². The smallest absolute Gasteiger partial charge is 0.256 e. The van der Waals surface area contributed by atoms with Crippen LogP contribution in [0.3, 0.4) is 0 Å². The van der Waals surface area contributed by atoms with Gasteiger partial charge < -0.3 is 10.6 Å². The number of carbonyl (C=O) groups excluding carboxylic acids is 1. The fourth-order valence-corrected chi connectivity index (χ4v) is 2.73. The quantitative estimate of drug-likeness (QED) is 0.848. The summed E-state index contributed by atoms with van der Waals surface area (Å²) in [5, 5.41) is 0.304. The number of hydrogen-bond donors (Lipinski definition) is 1. The zero-order valence-electron chi connectivity index (χ0n) is 11.2. The summed E-state index contributed by atoms with van der Waals surface area (Å²) in [6, 6.07) is 1.56. The lowest BCUT2D eigenvalue weighted by atomic mass is 9.98. The summed E-state index contributed by atoms with van der Waals surface area (Å²) in [5.41, 5.74) is 6.68. The zero-order chi connectivity index (χ0) is 13.8. The maximum absolute atomic E-state index is 12.5. The van der Waals surface area contributed by atoms with Gasteiger partial charge in [-0.05, 0) is 31.2 Å². The minimum atomic E-state index is -0.0291. The van der Waals surface area contributed by atoms with Crippen LogP contribution in [-0.4, -0.2) is 28.9 Å². The van der Waals surface area contributed by atoms with E-state index < -0.39 is 0 Å². The molecule has 4 nitrogen and oxygen atoms in total. The Morgan fingerprint density at radius 1 is 1.53 bits per heavy atom. The fourth-order valence-electron chi connectivity index (χ4n) is 2.57. The van der Waals surface area contributed by atoms with Gasteiger partial charge in [0.15, 0.2) is 0 Å². The van der Waals surface area contributed by atoms with E-state index in [1.807, 2.05) is 4.90 Å². The van der Waals surface area contributed by atoms with E-state index in [2.05, 4.69) is 11.9 Å². The molecule has 1 aliphatic heterocycles. The van der Waals surface area contributed by atoms with E-state index in [1.54, 1.807) is 6.07 Å². The van der Waals surface area contributed by atoms with Crippen molar-refractivity contribution in [2.75, 3.05) is 18.8 Å². The number of hydrogen-bond acceptors (Lipinski definition) is 3. The molecule has 1 aromatic heterocycles. The van der Waals surface area contributed by atoms with Crippen molar-refractivity contribution in [1.82, 2.24) is 9.88 Å². The van der Waals surface area contributed by atoms with Crippen molar-refractivity contribution in [3.05, 3.63) is 23.0 Å². The highest BCUT2D eigenvalue weighted by molar-refractivity contribution is 6.29. The number of likely N-dealkylation sites (tertiary alicyclic amines) is 1. The second-order valence-electron chi connectivity index (χ2n) is 5.09. The predicted octanol–water partition coefficient (Wildman–Crippen LogP) is 2.97. The number of halogens is 1. The van der Waals surface area contributed by atoms with Gasteiger partial charge in [0.25, 0.3) is 5.91 Å². The van der Waals surface area contributed by atoms with E-state index in [-0.39, 0.29) is 5.91 Å². The monoisotopic (exact) mass is 281 g/mol. The Balaban J connectivity index is 2.13. The molecule has 0 spiro atoms. The van der Waals surface area contributed by atoms with Crippen LogP contribution in [0.5, 0.6) is 0 Å². The second kappa shape index (κ2) is 6.24. The van der Waals surface area contributed by atoms with Crippen LogP contribution < -0.4 is 5.73 Å². The predicted molar refractivity (Wildman–Crippen MR) is 77.2 cm³/mol.